The Bertz CT molecular complexity index is 3930. The van der Waals surface area contributed by atoms with Crippen molar-refractivity contribution in [2.24, 2.45) is 0 Å². The smallest absolute Gasteiger partial charge is 0.165 e. The van der Waals surface area contributed by atoms with Crippen LogP contribution in [0.4, 0.5) is 0 Å². The number of nitrogens with one attached hydrogen (secondary N) is 2. The summed E-state index contributed by atoms with van der Waals surface area (Å²) in [5.41, 5.74) is 20.6. The van der Waals surface area contributed by atoms with Gasteiger partial charge in [0, 0.05) is 33.4 Å². The average molecular weight is 1110 g/mol. The van der Waals surface area contributed by atoms with Gasteiger partial charge in [0.2, 0.25) is 0 Å². The Balaban J connectivity index is 1.33. The topological polar surface area (TPSA) is 109 Å². The first-order valence-electron chi connectivity index (χ1n) is 29.8. The summed E-state index contributed by atoms with van der Waals surface area (Å²) >= 11 is 0. The Morgan fingerprint density at radius 1 is 0.214 bits per heavy atom. The lowest BCUT2D eigenvalue weighted by Crippen LogP contribution is -2.11. The molecule has 8 bridgehead atoms. The maximum atomic E-state index is 5.82. The van der Waals surface area contributed by atoms with Crippen LogP contribution in [-0.4, -0.2) is 39.9 Å². The molecule has 0 amide bonds. The lowest BCUT2D eigenvalue weighted by atomic mass is 9.84. The standard InChI is InChI=1S/C76H82N8/c1-71(2,3)51-31-19-45(20-32-51)59-61(47-23-35-53(36-24-47)73(7,8)9)67-80-65(59)78-57-43-44-58(77-57)79-66-60(46-21-33-52(34-22-46)72(4,5)6)62(48-25-37-54(38-26-48)74(10,11)12)68(81-66)83-70-64(50-29-41-56(42-30-50)76(16,17)18)63(69(82-67)84-70)49-27-39-55(40-28-49)75(13,14)15/h19-44H,1-18H3,(H2,77,78,79,80,81,82,83,84). The summed E-state index contributed by atoms with van der Waals surface area (Å²) in [5, 5.41) is 0. The van der Waals surface area contributed by atoms with E-state index in [1.54, 1.807) is 0 Å². The van der Waals surface area contributed by atoms with Gasteiger partial charge in [0.25, 0.3) is 0 Å². The maximum absolute atomic E-state index is 5.82. The molecule has 5 heterocycles. The Morgan fingerprint density at radius 3 is 0.631 bits per heavy atom. The molecule has 84 heavy (non-hydrogen) atoms. The van der Waals surface area contributed by atoms with Crippen molar-refractivity contribution in [2.45, 2.75) is 157 Å². The van der Waals surface area contributed by atoms with Gasteiger partial charge in [0.05, 0.1) is 0 Å². The third kappa shape index (κ3) is 11.4. The maximum Gasteiger partial charge on any atom is 0.165 e. The molecule has 11 rings (SSSR count). The van der Waals surface area contributed by atoms with Crippen LogP contribution < -0.4 is 0 Å². The van der Waals surface area contributed by atoms with Crippen molar-refractivity contribution in [1.29, 1.82) is 0 Å². The van der Waals surface area contributed by atoms with Crippen molar-refractivity contribution in [3.8, 4) is 22.3 Å². The summed E-state index contributed by atoms with van der Waals surface area (Å²) in [7, 11) is 0. The Hall–Kier alpha value is -8.36. The Morgan fingerprint density at radius 2 is 0.417 bits per heavy atom. The van der Waals surface area contributed by atoms with Crippen molar-refractivity contribution in [2.75, 3.05) is 0 Å². The number of aromatic amines is 2. The van der Waals surface area contributed by atoms with Crippen LogP contribution in [0.3, 0.4) is 0 Å². The lowest BCUT2D eigenvalue weighted by molar-refractivity contribution is 0.590. The minimum atomic E-state index is -0.0734. The molecule has 2 N–H and O–H groups in total. The minimum absolute atomic E-state index is 0.0524. The third-order valence-corrected chi connectivity index (χ3v) is 16.6. The number of aromatic nitrogens is 8. The Labute approximate surface area is 498 Å². The molecule has 0 saturated carbocycles. The SMILES string of the molecule is CC(C)(C)c1ccc(C2=C(c3ccc(C(C)(C)C)cc3)c3nc2nc2ccc(nc4nc(nc5[nH]c(n3)c(-c3ccc(C(C)(C)C)cc3)c5-c3ccc(C(C)(C)C)cc3)C(c3ccc(C(C)(C)C)cc3)=C4c3ccc(C(C)(C)C)cc3)[nH]2)cc1. The van der Waals surface area contributed by atoms with Crippen molar-refractivity contribution < 1.29 is 0 Å². The van der Waals surface area contributed by atoms with Gasteiger partial charge in [-0.25, -0.2) is 29.9 Å². The molecule has 0 saturated heterocycles. The van der Waals surface area contributed by atoms with Crippen LogP contribution >= 0.6 is 0 Å². The molecular weight excluding hydrogens is 1020 g/mol. The highest BCUT2D eigenvalue weighted by Crippen LogP contribution is 2.45. The second-order valence-electron chi connectivity index (χ2n) is 29.2. The van der Waals surface area contributed by atoms with Gasteiger partial charge in [0.15, 0.2) is 23.3 Å². The molecule has 3 aromatic heterocycles. The zero-order chi connectivity index (χ0) is 60.1. The van der Waals surface area contributed by atoms with Crippen LogP contribution in [0.15, 0.2) is 158 Å². The quantitative estimate of drug-likeness (QED) is 0.172. The number of H-pyrrole nitrogens is 2. The highest BCUT2D eigenvalue weighted by atomic mass is 15.1. The lowest BCUT2D eigenvalue weighted by Gasteiger charge is -2.20. The molecule has 0 spiro atoms. The predicted octanol–water partition coefficient (Wildman–Crippen LogP) is 19.0. The minimum Gasteiger partial charge on any atom is -0.325 e. The molecule has 8 heteroatoms. The highest BCUT2D eigenvalue weighted by molar-refractivity contribution is 6.07. The van der Waals surface area contributed by atoms with Crippen LogP contribution in [0.2, 0.25) is 0 Å². The first kappa shape index (κ1) is 57.5. The monoisotopic (exact) mass is 1110 g/mol. The van der Waals surface area contributed by atoms with Crippen LogP contribution in [0.25, 0.3) is 67.1 Å². The summed E-state index contributed by atoms with van der Waals surface area (Å²) < 4.78 is 0. The van der Waals surface area contributed by atoms with Gasteiger partial charge in [-0.15, -0.1) is 0 Å². The molecule has 2 aliphatic rings. The molecule has 2 aliphatic heterocycles. The summed E-state index contributed by atoms with van der Waals surface area (Å²) in [6.45, 7) is 40.5. The molecule has 0 unspecified atom stereocenters. The zero-order valence-corrected chi connectivity index (χ0v) is 52.7. The van der Waals surface area contributed by atoms with Gasteiger partial charge in [-0.1, -0.05) is 270 Å². The second-order valence-corrected chi connectivity index (χ2v) is 29.2. The van der Waals surface area contributed by atoms with Gasteiger partial charge in [-0.05, 0) is 111 Å². The number of hydrogen-bond acceptors (Lipinski definition) is 6. The first-order chi connectivity index (χ1) is 39.4. The largest absolute Gasteiger partial charge is 0.325 e. The van der Waals surface area contributed by atoms with Gasteiger partial charge >= 0.3 is 0 Å². The number of hydrogen-bond donors (Lipinski definition) is 2. The number of fused-ring (bicyclic) bond motifs is 8. The molecule has 0 aliphatic carbocycles. The van der Waals surface area contributed by atoms with Crippen LogP contribution in [0, 0.1) is 0 Å². The van der Waals surface area contributed by atoms with E-state index in [-0.39, 0.29) is 32.5 Å². The van der Waals surface area contributed by atoms with Crippen LogP contribution in [0.5, 0.6) is 0 Å². The van der Waals surface area contributed by atoms with Crippen molar-refractivity contribution in [1.82, 2.24) is 39.9 Å². The van der Waals surface area contributed by atoms with Crippen molar-refractivity contribution in [3.05, 3.63) is 237 Å². The molecule has 0 radical (unpaired) electrons. The van der Waals surface area contributed by atoms with Gasteiger partial charge in [-0.3, -0.25) is 0 Å². The van der Waals surface area contributed by atoms with Crippen LogP contribution in [-0.2, 0) is 32.5 Å². The Kier molecular flexibility index (Phi) is 14.2. The fourth-order valence-corrected chi connectivity index (χ4v) is 11.3. The van der Waals surface area contributed by atoms with Gasteiger partial charge < -0.3 is 9.97 Å². The third-order valence-electron chi connectivity index (χ3n) is 16.6. The van der Waals surface area contributed by atoms with E-state index in [2.05, 4.69) is 280 Å². The van der Waals surface area contributed by atoms with E-state index in [9.17, 15) is 0 Å². The van der Waals surface area contributed by atoms with Crippen molar-refractivity contribution >= 4 is 44.9 Å². The van der Waals surface area contributed by atoms with E-state index in [1.807, 2.05) is 12.1 Å². The summed E-state index contributed by atoms with van der Waals surface area (Å²) in [6, 6.07) is 57.4. The normalized spacial score (nSPS) is 13.7. The fourth-order valence-electron chi connectivity index (χ4n) is 11.3. The van der Waals surface area contributed by atoms with Crippen molar-refractivity contribution in [3.63, 3.8) is 0 Å². The number of nitrogens with zero attached hydrogens (tertiary/aromatic N) is 6. The first-order valence-corrected chi connectivity index (χ1v) is 29.8. The van der Waals surface area contributed by atoms with Gasteiger partial charge in [-0.2, -0.15) is 0 Å². The van der Waals surface area contributed by atoms with Crippen LogP contribution in [0.1, 0.15) is 204 Å². The molecule has 0 fully saturated rings. The zero-order valence-electron chi connectivity index (χ0n) is 52.7. The fraction of sp³-hybridized carbons (Fsp3) is 0.316. The van der Waals surface area contributed by atoms with E-state index >= 15 is 0 Å². The molecule has 9 aromatic rings. The summed E-state index contributed by atoms with van der Waals surface area (Å²) in [4.78, 5) is 41.1. The number of rotatable bonds is 6. The predicted molar refractivity (Wildman–Crippen MR) is 351 cm³/mol. The number of benzene rings is 6. The average Bonchev–Trinajstić information content (AvgIpc) is 1.96. The second kappa shape index (κ2) is 20.8. The molecule has 8 nitrogen and oxygen atoms in total. The molecule has 426 valence electrons. The van der Waals surface area contributed by atoms with E-state index in [0.717, 1.165) is 66.8 Å². The van der Waals surface area contributed by atoms with Gasteiger partial charge in [0.1, 0.15) is 22.6 Å². The molecule has 0 atom stereocenters. The van der Waals surface area contributed by atoms with E-state index < -0.39 is 0 Å². The molecule has 6 aromatic carbocycles. The van der Waals surface area contributed by atoms with E-state index in [1.165, 1.54) is 33.4 Å². The summed E-state index contributed by atoms with van der Waals surface area (Å²) in [5.74, 6) is 2.13. The highest BCUT2D eigenvalue weighted by Gasteiger charge is 2.31. The summed E-state index contributed by atoms with van der Waals surface area (Å²) in [6.07, 6.45) is 0. The van der Waals surface area contributed by atoms with E-state index in [4.69, 9.17) is 29.9 Å². The van der Waals surface area contributed by atoms with E-state index in [0.29, 0.717) is 45.9 Å². The molecular formula is C76H82N8.